The summed E-state index contributed by atoms with van der Waals surface area (Å²) in [7, 11) is -3.76. The molecule has 2 atom stereocenters. The van der Waals surface area contributed by atoms with Gasteiger partial charge < -0.3 is 9.52 Å². The SMILES string of the molecule is C[C@@H]1CN(S(=O)(=O)c2cccc3ccoc23)C[C@H]1C(=O)O. The minimum absolute atomic E-state index is 0.00404. The molecule has 1 saturated heterocycles. The van der Waals surface area contributed by atoms with Crippen molar-refractivity contribution in [3.63, 3.8) is 0 Å². The molecule has 0 saturated carbocycles. The van der Waals surface area contributed by atoms with Gasteiger partial charge in [0.1, 0.15) is 4.90 Å². The van der Waals surface area contributed by atoms with Gasteiger partial charge in [-0.15, -0.1) is 0 Å². The molecule has 21 heavy (non-hydrogen) atoms. The number of aliphatic carboxylic acids is 1. The molecule has 7 heteroatoms. The first kappa shape index (κ1) is 14.1. The molecule has 0 radical (unpaired) electrons. The molecule has 6 nitrogen and oxygen atoms in total. The summed E-state index contributed by atoms with van der Waals surface area (Å²) in [6, 6.07) is 6.60. The number of sulfonamides is 1. The lowest BCUT2D eigenvalue weighted by Crippen LogP contribution is -2.30. The molecule has 0 spiro atoms. The summed E-state index contributed by atoms with van der Waals surface area (Å²) in [6.07, 6.45) is 1.44. The molecule has 0 aliphatic carbocycles. The zero-order valence-corrected chi connectivity index (χ0v) is 12.2. The lowest BCUT2D eigenvalue weighted by atomic mass is 9.99. The highest BCUT2D eigenvalue weighted by Gasteiger charge is 2.41. The number of carboxylic acid groups (broad SMARTS) is 1. The van der Waals surface area contributed by atoms with Crippen molar-refractivity contribution < 1.29 is 22.7 Å². The molecular formula is C14H15NO5S. The predicted molar refractivity (Wildman–Crippen MR) is 75.3 cm³/mol. The summed E-state index contributed by atoms with van der Waals surface area (Å²) in [5, 5.41) is 9.84. The maximum atomic E-state index is 12.7. The second kappa shape index (κ2) is 4.85. The minimum Gasteiger partial charge on any atom is -0.481 e. The van der Waals surface area contributed by atoms with E-state index in [9.17, 15) is 13.2 Å². The minimum atomic E-state index is -3.76. The molecule has 3 rings (SSSR count). The van der Waals surface area contributed by atoms with Crippen LogP contribution in [0.25, 0.3) is 11.0 Å². The fraction of sp³-hybridized carbons (Fsp3) is 0.357. The van der Waals surface area contributed by atoms with E-state index in [0.29, 0.717) is 11.0 Å². The second-order valence-electron chi connectivity index (χ2n) is 5.34. The molecule has 1 aromatic heterocycles. The van der Waals surface area contributed by atoms with E-state index in [0.717, 1.165) is 0 Å². The molecule has 1 aromatic carbocycles. The number of fused-ring (bicyclic) bond motifs is 1. The summed E-state index contributed by atoms with van der Waals surface area (Å²) < 4.78 is 32.0. The van der Waals surface area contributed by atoms with Crippen molar-refractivity contribution in [2.45, 2.75) is 11.8 Å². The Bertz CT molecular complexity index is 795. The van der Waals surface area contributed by atoms with Crippen LogP contribution in [0.1, 0.15) is 6.92 Å². The van der Waals surface area contributed by atoms with Gasteiger partial charge in [-0.2, -0.15) is 4.31 Å². The Balaban J connectivity index is 2.02. The Hall–Kier alpha value is -1.86. The number of hydrogen-bond acceptors (Lipinski definition) is 4. The average molecular weight is 309 g/mol. The monoisotopic (exact) mass is 309 g/mol. The molecule has 2 aromatic rings. The first-order valence-electron chi connectivity index (χ1n) is 6.60. The van der Waals surface area contributed by atoms with Gasteiger partial charge in [-0.1, -0.05) is 19.1 Å². The Morgan fingerprint density at radius 1 is 1.33 bits per heavy atom. The number of nitrogens with zero attached hydrogens (tertiary/aromatic N) is 1. The zero-order chi connectivity index (χ0) is 15.2. The van der Waals surface area contributed by atoms with Crippen LogP contribution in [-0.2, 0) is 14.8 Å². The van der Waals surface area contributed by atoms with Gasteiger partial charge in [-0.05, 0) is 18.1 Å². The Morgan fingerprint density at radius 2 is 2.10 bits per heavy atom. The molecule has 1 N–H and O–H groups in total. The van der Waals surface area contributed by atoms with Gasteiger partial charge in [0, 0.05) is 18.5 Å². The molecule has 0 unspecified atom stereocenters. The summed E-state index contributed by atoms with van der Waals surface area (Å²) >= 11 is 0. The van der Waals surface area contributed by atoms with E-state index in [1.165, 1.54) is 16.6 Å². The highest BCUT2D eigenvalue weighted by molar-refractivity contribution is 7.89. The fourth-order valence-corrected chi connectivity index (χ4v) is 4.47. The quantitative estimate of drug-likeness (QED) is 0.933. The van der Waals surface area contributed by atoms with E-state index in [1.54, 1.807) is 25.1 Å². The van der Waals surface area contributed by atoms with Gasteiger partial charge in [0.05, 0.1) is 12.2 Å². The third-order valence-electron chi connectivity index (χ3n) is 3.96. The van der Waals surface area contributed by atoms with Crippen LogP contribution >= 0.6 is 0 Å². The first-order chi connectivity index (χ1) is 9.91. The first-order valence-corrected chi connectivity index (χ1v) is 8.04. The summed E-state index contributed by atoms with van der Waals surface area (Å²) in [5.74, 6) is -1.85. The van der Waals surface area contributed by atoms with Crippen molar-refractivity contribution in [1.82, 2.24) is 4.31 Å². The number of rotatable bonds is 3. The summed E-state index contributed by atoms with van der Waals surface area (Å²) in [6.45, 7) is 1.95. The predicted octanol–water partition coefficient (Wildman–Crippen LogP) is 1.77. The van der Waals surface area contributed by atoms with Crippen molar-refractivity contribution in [1.29, 1.82) is 0 Å². The summed E-state index contributed by atoms with van der Waals surface area (Å²) in [5.41, 5.74) is 0.309. The third kappa shape index (κ3) is 2.22. The van der Waals surface area contributed by atoms with Crippen LogP contribution in [0.5, 0.6) is 0 Å². The highest BCUT2D eigenvalue weighted by atomic mass is 32.2. The number of benzene rings is 1. The second-order valence-corrected chi connectivity index (χ2v) is 7.25. The van der Waals surface area contributed by atoms with E-state index in [4.69, 9.17) is 9.52 Å². The Kier molecular flexibility index (Phi) is 3.26. The van der Waals surface area contributed by atoms with Crippen LogP contribution in [0.15, 0.2) is 39.8 Å². The van der Waals surface area contributed by atoms with Crippen LogP contribution in [0.3, 0.4) is 0 Å². The van der Waals surface area contributed by atoms with Gasteiger partial charge in [0.25, 0.3) is 0 Å². The molecule has 0 bridgehead atoms. The molecular weight excluding hydrogens is 294 g/mol. The fourth-order valence-electron chi connectivity index (χ4n) is 2.75. The maximum Gasteiger partial charge on any atom is 0.308 e. The van der Waals surface area contributed by atoms with Crippen LogP contribution in [0.4, 0.5) is 0 Å². The zero-order valence-electron chi connectivity index (χ0n) is 11.4. The molecule has 1 aliphatic heterocycles. The van der Waals surface area contributed by atoms with Gasteiger partial charge >= 0.3 is 5.97 Å². The number of carboxylic acids is 1. The topological polar surface area (TPSA) is 87.8 Å². The van der Waals surface area contributed by atoms with E-state index in [1.807, 2.05) is 0 Å². The van der Waals surface area contributed by atoms with E-state index in [2.05, 4.69) is 0 Å². The number of para-hydroxylation sites is 1. The third-order valence-corrected chi connectivity index (χ3v) is 5.81. The van der Waals surface area contributed by atoms with Gasteiger partial charge in [-0.3, -0.25) is 4.79 Å². The number of hydrogen-bond donors (Lipinski definition) is 1. The standard InChI is InChI=1S/C14H15NO5S/c1-9-7-15(8-11(9)14(16)17)21(18,19)12-4-2-3-10-5-6-20-13(10)12/h2-6,9,11H,7-8H2,1H3,(H,16,17)/t9-,11-/m1/s1. The van der Waals surface area contributed by atoms with E-state index < -0.39 is 21.9 Å². The van der Waals surface area contributed by atoms with E-state index in [-0.39, 0.29) is 23.9 Å². The van der Waals surface area contributed by atoms with Crippen LogP contribution < -0.4 is 0 Å². The van der Waals surface area contributed by atoms with Crippen molar-refractivity contribution in [2.75, 3.05) is 13.1 Å². The molecule has 2 heterocycles. The van der Waals surface area contributed by atoms with Gasteiger partial charge in [0.2, 0.25) is 10.0 Å². The normalized spacial score (nSPS) is 23.7. The van der Waals surface area contributed by atoms with Crippen molar-refractivity contribution in [2.24, 2.45) is 11.8 Å². The van der Waals surface area contributed by atoms with Crippen LogP contribution in [0.2, 0.25) is 0 Å². The average Bonchev–Trinajstić information content (AvgIpc) is 3.03. The van der Waals surface area contributed by atoms with Gasteiger partial charge in [0.15, 0.2) is 5.58 Å². The van der Waals surface area contributed by atoms with Crippen molar-refractivity contribution in [3.05, 3.63) is 30.5 Å². The van der Waals surface area contributed by atoms with Gasteiger partial charge in [-0.25, -0.2) is 8.42 Å². The lowest BCUT2D eigenvalue weighted by Gasteiger charge is -2.16. The number of furan rings is 1. The molecule has 112 valence electrons. The molecule has 0 amide bonds. The Labute approximate surface area is 122 Å². The maximum absolute atomic E-state index is 12.7. The highest BCUT2D eigenvalue weighted by Crippen LogP contribution is 2.32. The molecule has 1 aliphatic rings. The van der Waals surface area contributed by atoms with Crippen molar-refractivity contribution in [3.8, 4) is 0 Å². The lowest BCUT2D eigenvalue weighted by molar-refractivity contribution is -0.142. The van der Waals surface area contributed by atoms with Crippen LogP contribution in [0, 0.1) is 11.8 Å². The van der Waals surface area contributed by atoms with Crippen molar-refractivity contribution >= 4 is 27.0 Å². The largest absolute Gasteiger partial charge is 0.481 e. The smallest absolute Gasteiger partial charge is 0.308 e. The Morgan fingerprint density at radius 3 is 2.76 bits per heavy atom. The van der Waals surface area contributed by atoms with E-state index >= 15 is 0 Å². The van der Waals surface area contributed by atoms with Crippen LogP contribution in [-0.4, -0.2) is 36.9 Å². The molecule has 1 fully saturated rings. The summed E-state index contributed by atoms with van der Waals surface area (Å²) in [4.78, 5) is 11.2. The number of carbonyl (C=O) groups is 1.